The molecule has 2 aliphatic heterocycles. The van der Waals surface area contributed by atoms with Gasteiger partial charge in [-0.25, -0.2) is 9.69 Å². The zero-order valence-corrected chi connectivity index (χ0v) is 21.6. The highest BCUT2D eigenvalue weighted by Crippen LogP contribution is 2.45. The highest BCUT2D eigenvalue weighted by molar-refractivity contribution is 6.22. The molecular weight excluding hydrogens is 496 g/mol. The fourth-order valence-electron chi connectivity index (χ4n) is 5.60. The molecule has 9 nitrogen and oxygen atoms in total. The second kappa shape index (κ2) is 9.92. The van der Waals surface area contributed by atoms with Crippen LogP contribution in [0.5, 0.6) is 5.75 Å². The summed E-state index contributed by atoms with van der Waals surface area (Å²) in [5.74, 6) is 0.126. The summed E-state index contributed by atoms with van der Waals surface area (Å²) in [5.41, 5.74) is 4.59. The van der Waals surface area contributed by atoms with Crippen LogP contribution < -0.4 is 15.0 Å². The van der Waals surface area contributed by atoms with Crippen LogP contribution >= 0.6 is 0 Å². The zero-order chi connectivity index (χ0) is 27.1. The second-order valence-electron chi connectivity index (χ2n) is 9.62. The van der Waals surface area contributed by atoms with Crippen LogP contribution in [0.15, 0.2) is 72.8 Å². The number of nitrogens with zero attached hydrogens (tertiary/aromatic N) is 2. The molecule has 4 amide bonds. The normalized spacial score (nSPS) is 18.3. The molecule has 6 rings (SSSR count). The Morgan fingerprint density at radius 3 is 2.59 bits per heavy atom. The smallest absolute Gasteiger partial charge is 0.332 e. The number of fused-ring (bicyclic) bond motifs is 4. The average Bonchev–Trinajstić information content (AvgIpc) is 3.46. The van der Waals surface area contributed by atoms with Crippen molar-refractivity contribution in [3.05, 3.63) is 95.2 Å². The van der Waals surface area contributed by atoms with Gasteiger partial charge in [-0.05, 0) is 53.6 Å². The Kier molecular flexibility index (Phi) is 6.28. The zero-order valence-electron chi connectivity index (χ0n) is 21.6. The molecule has 0 aliphatic carbocycles. The molecule has 9 heteroatoms. The number of ether oxygens (including phenoxy) is 2. The molecule has 39 heavy (non-hydrogen) atoms. The number of para-hydroxylation sites is 1. The van der Waals surface area contributed by atoms with Crippen LogP contribution in [0.2, 0.25) is 0 Å². The van der Waals surface area contributed by atoms with Gasteiger partial charge in [0.1, 0.15) is 17.8 Å². The van der Waals surface area contributed by atoms with Crippen molar-refractivity contribution in [2.24, 2.45) is 0 Å². The van der Waals surface area contributed by atoms with Gasteiger partial charge in [-0.15, -0.1) is 0 Å². The molecular formula is C30H28N4O5. The summed E-state index contributed by atoms with van der Waals surface area (Å²) in [7, 11) is 3.17. The lowest BCUT2D eigenvalue weighted by Gasteiger charge is -2.36. The number of rotatable bonds is 7. The number of hydrogen-bond acceptors (Lipinski definition) is 5. The molecule has 198 valence electrons. The van der Waals surface area contributed by atoms with Gasteiger partial charge in [0.15, 0.2) is 0 Å². The van der Waals surface area contributed by atoms with Crippen LogP contribution in [-0.2, 0) is 16.0 Å². The van der Waals surface area contributed by atoms with Crippen molar-refractivity contribution in [2.75, 3.05) is 32.3 Å². The number of benzene rings is 3. The molecule has 4 aromatic rings. The van der Waals surface area contributed by atoms with Crippen molar-refractivity contribution >= 4 is 34.4 Å². The molecule has 0 radical (unpaired) electrons. The lowest BCUT2D eigenvalue weighted by Crippen LogP contribution is -2.44. The Labute approximate surface area is 225 Å². The van der Waals surface area contributed by atoms with E-state index < -0.39 is 18.1 Å². The number of anilines is 1. The predicted octanol–water partition coefficient (Wildman–Crippen LogP) is 4.04. The third kappa shape index (κ3) is 4.11. The number of carbonyl (C=O) groups is 3. The fraction of sp³-hybridized carbons (Fsp3) is 0.233. The number of imide groups is 1. The standard InChI is InChI=1S/C30H28N4O5/c1-38-15-14-31-28(35)18-10-12-20(13-11-18)33-29(36)25-17-23-22-8-3-4-9-24(22)32-26(23)27(34(25)30(33)37)19-6-5-7-21(16-19)39-2/h3-13,16,25,27,32H,14-15,17H2,1-2H3,(H,31,35). The summed E-state index contributed by atoms with van der Waals surface area (Å²) in [6.45, 7) is 0.793. The van der Waals surface area contributed by atoms with E-state index in [1.807, 2.05) is 48.5 Å². The van der Waals surface area contributed by atoms with Crippen molar-refractivity contribution in [1.82, 2.24) is 15.2 Å². The maximum atomic E-state index is 14.0. The van der Waals surface area contributed by atoms with Gasteiger partial charge in [0.25, 0.3) is 11.8 Å². The quantitative estimate of drug-likeness (QED) is 0.281. The number of aromatic nitrogens is 1. The van der Waals surface area contributed by atoms with Gasteiger partial charge >= 0.3 is 6.03 Å². The van der Waals surface area contributed by atoms with Crippen molar-refractivity contribution in [1.29, 1.82) is 0 Å². The maximum Gasteiger partial charge on any atom is 0.332 e. The van der Waals surface area contributed by atoms with Crippen LogP contribution in [0.25, 0.3) is 10.9 Å². The van der Waals surface area contributed by atoms with Gasteiger partial charge in [0, 0.05) is 42.2 Å². The molecule has 3 aromatic carbocycles. The first-order chi connectivity index (χ1) is 19.0. The molecule has 2 atom stereocenters. The number of aromatic amines is 1. The highest BCUT2D eigenvalue weighted by Gasteiger charge is 2.53. The van der Waals surface area contributed by atoms with Crippen molar-refractivity contribution in [3.63, 3.8) is 0 Å². The third-order valence-corrected chi connectivity index (χ3v) is 7.44. The van der Waals surface area contributed by atoms with Gasteiger partial charge < -0.3 is 19.8 Å². The molecule has 1 saturated heterocycles. The minimum Gasteiger partial charge on any atom is -0.497 e. The van der Waals surface area contributed by atoms with Crippen molar-refractivity contribution in [3.8, 4) is 5.75 Å². The SMILES string of the molecule is COCCNC(=O)c1ccc(N2C(=O)C3Cc4c([nH]c5ccccc45)C(c4cccc(OC)c4)N3C2=O)cc1. The van der Waals surface area contributed by atoms with E-state index in [0.717, 1.165) is 27.7 Å². The van der Waals surface area contributed by atoms with E-state index >= 15 is 0 Å². The second-order valence-corrected chi connectivity index (χ2v) is 9.62. The Bertz CT molecular complexity index is 1580. The van der Waals surface area contributed by atoms with E-state index in [-0.39, 0.29) is 11.8 Å². The fourth-order valence-corrected chi connectivity index (χ4v) is 5.60. The van der Waals surface area contributed by atoms with Gasteiger partial charge in [-0.3, -0.25) is 14.5 Å². The Balaban J connectivity index is 1.39. The number of methoxy groups -OCH3 is 2. The summed E-state index contributed by atoms with van der Waals surface area (Å²) in [5, 5.41) is 3.81. The van der Waals surface area contributed by atoms with Crippen LogP contribution in [0.4, 0.5) is 10.5 Å². The van der Waals surface area contributed by atoms with Gasteiger partial charge in [-0.1, -0.05) is 30.3 Å². The van der Waals surface area contributed by atoms with Crippen LogP contribution in [0, 0.1) is 0 Å². The van der Waals surface area contributed by atoms with Crippen LogP contribution in [-0.4, -0.2) is 61.1 Å². The molecule has 0 spiro atoms. The first-order valence-electron chi connectivity index (χ1n) is 12.8. The van der Waals surface area contributed by atoms with Gasteiger partial charge in [0.2, 0.25) is 0 Å². The molecule has 1 aromatic heterocycles. The van der Waals surface area contributed by atoms with E-state index in [0.29, 0.717) is 36.6 Å². The highest BCUT2D eigenvalue weighted by atomic mass is 16.5. The first kappa shape index (κ1) is 24.7. The summed E-state index contributed by atoms with van der Waals surface area (Å²) < 4.78 is 10.4. The monoisotopic (exact) mass is 524 g/mol. The van der Waals surface area contributed by atoms with Crippen LogP contribution in [0.1, 0.15) is 33.2 Å². The topological polar surface area (TPSA) is 104 Å². The number of hydrogen-bond donors (Lipinski definition) is 2. The number of nitrogens with one attached hydrogen (secondary N) is 2. The Hall–Kier alpha value is -4.63. The molecule has 0 bridgehead atoms. The van der Waals surface area contributed by atoms with Gasteiger partial charge in [0.05, 0.1) is 19.4 Å². The summed E-state index contributed by atoms with van der Waals surface area (Å²) in [6.07, 6.45) is 0.404. The van der Waals surface area contributed by atoms with E-state index in [4.69, 9.17) is 9.47 Å². The van der Waals surface area contributed by atoms with Gasteiger partial charge in [-0.2, -0.15) is 0 Å². The van der Waals surface area contributed by atoms with E-state index in [1.165, 1.54) is 4.90 Å². The van der Waals surface area contributed by atoms with Crippen LogP contribution in [0.3, 0.4) is 0 Å². The molecule has 3 heterocycles. The predicted molar refractivity (Wildman–Crippen MR) is 146 cm³/mol. The van der Waals surface area contributed by atoms with Crippen molar-refractivity contribution < 1.29 is 23.9 Å². The summed E-state index contributed by atoms with van der Waals surface area (Å²) in [6, 6.07) is 20.5. The lowest BCUT2D eigenvalue weighted by molar-refractivity contribution is -0.120. The number of H-pyrrole nitrogens is 1. The molecule has 0 saturated carbocycles. The maximum absolute atomic E-state index is 14.0. The Morgan fingerprint density at radius 2 is 1.82 bits per heavy atom. The Morgan fingerprint density at radius 1 is 1.03 bits per heavy atom. The number of amides is 4. The van der Waals surface area contributed by atoms with E-state index in [9.17, 15) is 14.4 Å². The number of carbonyl (C=O) groups excluding carboxylic acids is 3. The summed E-state index contributed by atoms with van der Waals surface area (Å²) in [4.78, 5) is 46.7. The number of urea groups is 1. The lowest BCUT2D eigenvalue weighted by atomic mass is 9.89. The molecule has 2 unspecified atom stereocenters. The van der Waals surface area contributed by atoms with E-state index in [2.05, 4.69) is 10.3 Å². The molecule has 1 fully saturated rings. The minimum absolute atomic E-state index is 0.251. The third-order valence-electron chi connectivity index (χ3n) is 7.44. The minimum atomic E-state index is -0.669. The molecule has 2 N–H and O–H groups in total. The average molecular weight is 525 g/mol. The van der Waals surface area contributed by atoms with E-state index in [1.54, 1.807) is 43.4 Å². The van der Waals surface area contributed by atoms with Crippen molar-refractivity contribution in [2.45, 2.75) is 18.5 Å². The molecule has 2 aliphatic rings. The first-order valence-corrected chi connectivity index (χ1v) is 12.8. The summed E-state index contributed by atoms with van der Waals surface area (Å²) >= 11 is 0. The largest absolute Gasteiger partial charge is 0.497 e.